The number of benzene rings is 2. The number of nitriles is 1. The van der Waals surface area contributed by atoms with Crippen molar-refractivity contribution in [2.24, 2.45) is 0 Å². The highest BCUT2D eigenvalue weighted by atomic mass is 79.9. The zero-order valence-electron chi connectivity index (χ0n) is 11.9. The van der Waals surface area contributed by atoms with Crippen molar-refractivity contribution in [3.05, 3.63) is 57.5 Å². The van der Waals surface area contributed by atoms with Crippen molar-refractivity contribution in [2.45, 2.75) is 0 Å². The second kappa shape index (κ2) is 6.11. The van der Waals surface area contributed by atoms with Gasteiger partial charge in [-0.05, 0) is 48.0 Å². The molecule has 0 amide bonds. The first-order chi connectivity index (χ1) is 11.0. The fraction of sp³-hybridized carbons (Fsp3) is 0.0625. The van der Waals surface area contributed by atoms with Crippen LogP contribution in [0, 0.1) is 17.1 Å². The van der Waals surface area contributed by atoms with Crippen molar-refractivity contribution in [3.8, 4) is 6.07 Å². The lowest BCUT2D eigenvalue weighted by molar-refractivity contribution is 0.627. The lowest BCUT2D eigenvalue weighted by Gasteiger charge is -2.20. The fourth-order valence-corrected chi connectivity index (χ4v) is 2.89. The molecule has 0 saturated carbocycles. The van der Waals surface area contributed by atoms with Crippen molar-refractivity contribution in [3.63, 3.8) is 0 Å². The van der Waals surface area contributed by atoms with Gasteiger partial charge in [0.15, 0.2) is 0 Å². The van der Waals surface area contributed by atoms with E-state index in [2.05, 4.69) is 32.0 Å². The van der Waals surface area contributed by atoms with Gasteiger partial charge in [0, 0.05) is 22.6 Å². The molecule has 0 aliphatic heterocycles. The molecule has 1 heterocycles. The minimum Gasteiger partial charge on any atom is -0.329 e. The Labute approximate surface area is 145 Å². The highest BCUT2D eigenvalue weighted by Crippen LogP contribution is 2.32. The lowest BCUT2D eigenvalue weighted by Crippen LogP contribution is -2.12. The van der Waals surface area contributed by atoms with Crippen LogP contribution in [0.1, 0.15) is 5.56 Å². The van der Waals surface area contributed by atoms with Crippen LogP contribution in [0.3, 0.4) is 0 Å². The molecule has 0 spiro atoms. The molecule has 0 aliphatic carbocycles. The average Bonchev–Trinajstić information content (AvgIpc) is 2.51. The number of hydrogen-bond acceptors (Lipinski definition) is 4. The Morgan fingerprint density at radius 2 is 2.00 bits per heavy atom. The molecule has 0 unspecified atom stereocenters. The molecule has 2 aromatic carbocycles. The zero-order valence-corrected chi connectivity index (χ0v) is 14.2. The molecule has 0 fully saturated rings. The van der Waals surface area contributed by atoms with E-state index in [4.69, 9.17) is 16.9 Å². The summed E-state index contributed by atoms with van der Waals surface area (Å²) in [5.41, 5.74) is 1.65. The van der Waals surface area contributed by atoms with Gasteiger partial charge >= 0.3 is 0 Å². The Kier molecular flexibility index (Phi) is 4.16. The van der Waals surface area contributed by atoms with Crippen LogP contribution in [0.2, 0.25) is 5.28 Å². The number of aromatic nitrogens is 2. The molecular weight excluding hydrogens is 383 g/mol. The number of anilines is 2. The monoisotopic (exact) mass is 390 g/mol. The summed E-state index contributed by atoms with van der Waals surface area (Å²) in [6.07, 6.45) is 0. The quantitative estimate of drug-likeness (QED) is 0.587. The Morgan fingerprint density at radius 3 is 2.70 bits per heavy atom. The molecule has 0 bridgehead atoms. The van der Waals surface area contributed by atoms with Crippen molar-refractivity contribution in [2.75, 3.05) is 11.9 Å². The molecule has 0 aliphatic rings. The predicted molar refractivity (Wildman–Crippen MR) is 91.4 cm³/mol. The van der Waals surface area contributed by atoms with Crippen LogP contribution in [-0.2, 0) is 0 Å². The highest BCUT2D eigenvalue weighted by Gasteiger charge is 2.14. The summed E-state index contributed by atoms with van der Waals surface area (Å²) >= 11 is 9.27. The highest BCUT2D eigenvalue weighted by molar-refractivity contribution is 9.10. The summed E-state index contributed by atoms with van der Waals surface area (Å²) in [7, 11) is 1.76. The van der Waals surface area contributed by atoms with Gasteiger partial charge in [-0.15, -0.1) is 0 Å². The Hall–Kier alpha value is -2.23. The van der Waals surface area contributed by atoms with Gasteiger partial charge in [0.1, 0.15) is 11.6 Å². The summed E-state index contributed by atoms with van der Waals surface area (Å²) in [5, 5.41) is 9.78. The summed E-state index contributed by atoms with van der Waals surface area (Å²) in [6, 6.07) is 11.7. The van der Waals surface area contributed by atoms with Crippen LogP contribution >= 0.6 is 27.5 Å². The van der Waals surface area contributed by atoms with Crippen LogP contribution in [-0.4, -0.2) is 17.0 Å². The van der Waals surface area contributed by atoms with E-state index in [0.29, 0.717) is 27.1 Å². The van der Waals surface area contributed by atoms with Crippen molar-refractivity contribution < 1.29 is 4.39 Å². The third kappa shape index (κ3) is 3.11. The number of rotatable bonds is 2. The van der Waals surface area contributed by atoms with Crippen LogP contribution < -0.4 is 4.90 Å². The minimum absolute atomic E-state index is 0.0601. The second-order valence-corrected chi connectivity index (χ2v) is 6.10. The maximum absolute atomic E-state index is 13.6. The maximum Gasteiger partial charge on any atom is 0.224 e. The molecule has 0 saturated heterocycles. The van der Waals surface area contributed by atoms with E-state index in [1.54, 1.807) is 36.2 Å². The van der Waals surface area contributed by atoms with E-state index >= 15 is 0 Å². The molecular formula is C16H9BrClFN4. The summed E-state index contributed by atoms with van der Waals surface area (Å²) in [5.74, 6) is 0.166. The lowest BCUT2D eigenvalue weighted by atomic mass is 10.1. The molecule has 1 aromatic heterocycles. The normalized spacial score (nSPS) is 10.6. The molecule has 4 nitrogen and oxygen atoms in total. The number of nitrogens with zero attached hydrogens (tertiary/aromatic N) is 4. The van der Waals surface area contributed by atoms with Crippen molar-refractivity contribution >= 4 is 49.9 Å². The topological polar surface area (TPSA) is 52.8 Å². The third-order valence-electron chi connectivity index (χ3n) is 3.33. The Bertz CT molecular complexity index is 934. The Balaban J connectivity index is 2.20. The standard InChI is InChI=1S/C16H9BrClFN4/c1-23(12-6-10(17)5-11(19)7-12)15-13-3-2-9(8-20)4-14(13)21-16(18)22-15/h2-7H,1H3. The van der Waals surface area contributed by atoms with Crippen LogP contribution in [0.15, 0.2) is 40.9 Å². The largest absolute Gasteiger partial charge is 0.329 e. The first-order valence-electron chi connectivity index (χ1n) is 6.55. The van der Waals surface area contributed by atoms with E-state index in [9.17, 15) is 4.39 Å². The smallest absolute Gasteiger partial charge is 0.224 e. The van der Waals surface area contributed by atoms with Crippen LogP contribution in [0.5, 0.6) is 0 Å². The third-order valence-corrected chi connectivity index (χ3v) is 3.96. The SMILES string of the molecule is CN(c1cc(F)cc(Br)c1)c1nc(Cl)nc2cc(C#N)ccc12. The van der Waals surface area contributed by atoms with Gasteiger partial charge in [-0.1, -0.05) is 15.9 Å². The second-order valence-electron chi connectivity index (χ2n) is 4.85. The van der Waals surface area contributed by atoms with Gasteiger partial charge in [0.25, 0.3) is 0 Å². The maximum atomic E-state index is 13.6. The van der Waals surface area contributed by atoms with Gasteiger partial charge < -0.3 is 4.90 Å². The van der Waals surface area contributed by atoms with Gasteiger partial charge in [-0.25, -0.2) is 9.37 Å². The summed E-state index contributed by atoms with van der Waals surface area (Å²) in [6.45, 7) is 0. The fourth-order valence-electron chi connectivity index (χ4n) is 2.27. The molecule has 0 radical (unpaired) electrons. The molecule has 0 atom stereocenters. The van der Waals surface area contributed by atoms with E-state index in [-0.39, 0.29) is 11.1 Å². The van der Waals surface area contributed by atoms with E-state index in [1.165, 1.54) is 12.1 Å². The van der Waals surface area contributed by atoms with Crippen molar-refractivity contribution in [1.29, 1.82) is 5.26 Å². The molecule has 3 aromatic rings. The molecule has 0 N–H and O–H groups in total. The molecule has 23 heavy (non-hydrogen) atoms. The van der Waals surface area contributed by atoms with Crippen LogP contribution in [0.4, 0.5) is 15.9 Å². The Morgan fingerprint density at radius 1 is 1.22 bits per heavy atom. The number of fused-ring (bicyclic) bond motifs is 1. The molecule has 7 heteroatoms. The van der Waals surface area contributed by atoms with E-state index in [0.717, 1.165) is 5.39 Å². The van der Waals surface area contributed by atoms with Crippen LogP contribution in [0.25, 0.3) is 10.9 Å². The average molecular weight is 392 g/mol. The van der Waals surface area contributed by atoms with Gasteiger partial charge in [0.05, 0.1) is 17.1 Å². The molecule has 3 rings (SSSR count). The predicted octanol–water partition coefficient (Wildman–Crippen LogP) is 4.82. The zero-order chi connectivity index (χ0) is 16.6. The first kappa shape index (κ1) is 15.7. The molecule has 114 valence electrons. The van der Waals surface area contributed by atoms with Gasteiger partial charge in [-0.3, -0.25) is 0 Å². The first-order valence-corrected chi connectivity index (χ1v) is 7.72. The minimum atomic E-state index is -0.363. The summed E-state index contributed by atoms with van der Waals surface area (Å²) in [4.78, 5) is 10.1. The van der Waals surface area contributed by atoms with Gasteiger partial charge in [-0.2, -0.15) is 10.2 Å². The number of hydrogen-bond donors (Lipinski definition) is 0. The summed E-state index contributed by atoms with van der Waals surface area (Å²) < 4.78 is 14.3. The van der Waals surface area contributed by atoms with E-state index in [1.807, 2.05) is 0 Å². The van der Waals surface area contributed by atoms with Crippen molar-refractivity contribution in [1.82, 2.24) is 9.97 Å². The van der Waals surface area contributed by atoms with E-state index < -0.39 is 0 Å². The number of halogens is 3. The van der Waals surface area contributed by atoms with Gasteiger partial charge in [0.2, 0.25) is 5.28 Å².